The lowest BCUT2D eigenvalue weighted by atomic mass is 10.1. The molecule has 0 radical (unpaired) electrons. The van der Waals surface area contributed by atoms with Crippen LogP contribution in [0.15, 0.2) is 54.6 Å². The second kappa shape index (κ2) is 9.74. The van der Waals surface area contributed by atoms with Crippen molar-refractivity contribution in [1.82, 2.24) is 10.6 Å². The second-order valence-electron chi connectivity index (χ2n) is 5.64. The van der Waals surface area contributed by atoms with Crippen molar-refractivity contribution >= 4 is 5.91 Å². The number of halogens is 2. The minimum Gasteiger partial charge on any atom is -0.435 e. The molecule has 1 amide bonds. The lowest BCUT2D eigenvalue weighted by Crippen LogP contribution is -2.36. The first-order chi connectivity index (χ1) is 12.0. The van der Waals surface area contributed by atoms with E-state index in [1.807, 2.05) is 37.3 Å². The molecule has 0 fully saturated rings. The fraction of sp³-hybridized carbons (Fsp3) is 0.316. The van der Waals surface area contributed by atoms with Gasteiger partial charge in [0.2, 0.25) is 5.91 Å². The molecule has 2 rings (SSSR count). The Kier molecular flexibility index (Phi) is 7.35. The smallest absolute Gasteiger partial charge is 0.387 e. The maximum Gasteiger partial charge on any atom is 0.387 e. The third-order valence-corrected chi connectivity index (χ3v) is 3.75. The van der Waals surface area contributed by atoms with Gasteiger partial charge in [0.05, 0.1) is 6.54 Å². The molecule has 0 aliphatic rings. The topological polar surface area (TPSA) is 50.4 Å². The molecule has 0 aromatic heterocycles. The Morgan fingerprint density at radius 3 is 2.40 bits per heavy atom. The van der Waals surface area contributed by atoms with Gasteiger partial charge < -0.3 is 15.4 Å². The van der Waals surface area contributed by atoms with Gasteiger partial charge in [0.1, 0.15) is 5.75 Å². The molecule has 134 valence electrons. The van der Waals surface area contributed by atoms with E-state index in [1.165, 1.54) is 12.1 Å². The van der Waals surface area contributed by atoms with Crippen LogP contribution in [0.5, 0.6) is 5.75 Å². The Labute approximate surface area is 146 Å². The molecule has 4 nitrogen and oxygen atoms in total. The number of hydrogen-bond donors (Lipinski definition) is 2. The summed E-state index contributed by atoms with van der Waals surface area (Å²) in [6, 6.07) is 16.4. The van der Waals surface area contributed by atoms with Gasteiger partial charge in [-0.05, 0) is 36.6 Å². The number of ether oxygens (including phenoxy) is 1. The summed E-state index contributed by atoms with van der Waals surface area (Å²) in [5.41, 5.74) is 2.06. The molecular weight excluding hydrogens is 326 g/mol. The molecule has 0 spiro atoms. The summed E-state index contributed by atoms with van der Waals surface area (Å²) in [4.78, 5) is 11.9. The first-order valence-electron chi connectivity index (χ1n) is 8.13. The van der Waals surface area contributed by atoms with E-state index in [2.05, 4.69) is 15.4 Å². The van der Waals surface area contributed by atoms with Gasteiger partial charge in [0, 0.05) is 12.6 Å². The van der Waals surface area contributed by atoms with E-state index in [9.17, 15) is 13.6 Å². The fourth-order valence-corrected chi connectivity index (χ4v) is 2.35. The van der Waals surface area contributed by atoms with E-state index in [1.54, 1.807) is 12.1 Å². The van der Waals surface area contributed by atoms with Gasteiger partial charge in [-0.15, -0.1) is 0 Å². The molecular formula is C19H22F2N2O2. The molecule has 0 aliphatic carbocycles. The highest BCUT2D eigenvalue weighted by Gasteiger charge is 2.07. The van der Waals surface area contributed by atoms with Crippen molar-refractivity contribution in [1.29, 1.82) is 0 Å². The van der Waals surface area contributed by atoms with Crippen LogP contribution < -0.4 is 15.4 Å². The third kappa shape index (κ3) is 6.89. The summed E-state index contributed by atoms with van der Waals surface area (Å²) >= 11 is 0. The minimum atomic E-state index is -2.82. The Balaban J connectivity index is 1.66. The lowest BCUT2D eigenvalue weighted by Gasteiger charge is -2.14. The third-order valence-electron chi connectivity index (χ3n) is 3.75. The Morgan fingerprint density at radius 2 is 1.76 bits per heavy atom. The lowest BCUT2D eigenvalue weighted by molar-refractivity contribution is -0.120. The number of hydrogen-bond acceptors (Lipinski definition) is 3. The normalized spacial score (nSPS) is 12.0. The molecule has 2 aromatic carbocycles. The largest absolute Gasteiger partial charge is 0.435 e. The summed E-state index contributed by atoms with van der Waals surface area (Å²) in [6.07, 6.45) is 0.620. The quantitative estimate of drug-likeness (QED) is 0.731. The number of alkyl halides is 2. The maximum absolute atomic E-state index is 12.1. The predicted octanol–water partition coefficient (Wildman–Crippen LogP) is 3.30. The van der Waals surface area contributed by atoms with Crippen LogP contribution in [0, 0.1) is 0 Å². The maximum atomic E-state index is 12.1. The molecule has 2 N–H and O–H groups in total. The highest BCUT2D eigenvalue weighted by atomic mass is 19.3. The second-order valence-corrected chi connectivity index (χ2v) is 5.64. The molecule has 0 bridgehead atoms. The van der Waals surface area contributed by atoms with Crippen LogP contribution in [-0.2, 0) is 11.2 Å². The van der Waals surface area contributed by atoms with Crippen molar-refractivity contribution in [3.8, 4) is 5.75 Å². The van der Waals surface area contributed by atoms with Crippen molar-refractivity contribution < 1.29 is 18.3 Å². The van der Waals surface area contributed by atoms with Gasteiger partial charge >= 0.3 is 6.61 Å². The standard InChI is InChI=1S/C19H22F2N2O2/c1-14(16-5-3-2-4-6-16)23-13-18(24)22-12-11-15-7-9-17(10-8-15)25-19(20)21/h2-10,14,19,23H,11-13H2,1H3,(H,22,24)/t14-/m0/s1. The Bertz CT molecular complexity index is 648. The summed E-state index contributed by atoms with van der Waals surface area (Å²) < 4.78 is 28.4. The summed E-state index contributed by atoms with van der Waals surface area (Å²) in [7, 11) is 0. The highest BCUT2D eigenvalue weighted by Crippen LogP contribution is 2.15. The molecule has 0 saturated heterocycles. The molecule has 25 heavy (non-hydrogen) atoms. The zero-order valence-corrected chi connectivity index (χ0v) is 14.0. The zero-order chi connectivity index (χ0) is 18.1. The van der Waals surface area contributed by atoms with E-state index in [0.29, 0.717) is 13.0 Å². The van der Waals surface area contributed by atoms with Crippen LogP contribution in [0.2, 0.25) is 0 Å². The van der Waals surface area contributed by atoms with Crippen LogP contribution in [0.4, 0.5) is 8.78 Å². The molecule has 6 heteroatoms. The fourth-order valence-electron chi connectivity index (χ4n) is 2.35. The number of carbonyl (C=O) groups is 1. The molecule has 0 aliphatic heterocycles. The van der Waals surface area contributed by atoms with Gasteiger partial charge in [0.15, 0.2) is 0 Å². The van der Waals surface area contributed by atoms with Crippen molar-refractivity contribution in [2.75, 3.05) is 13.1 Å². The van der Waals surface area contributed by atoms with Gasteiger partial charge in [-0.1, -0.05) is 42.5 Å². The average Bonchev–Trinajstić information content (AvgIpc) is 2.61. The van der Waals surface area contributed by atoms with Crippen molar-refractivity contribution in [2.45, 2.75) is 26.0 Å². The van der Waals surface area contributed by atoms with Crippen LogP contribution in [-0.4, -0.2) is 25.6 Å². The highest BCUT2D eigenvalue weighted by molar-refractivity contribution is 5.78. The van der Waals surface area contributed by atoms with E-state index < -0.39 is 6.61 Å². The molecule has 0 unspecified atom stereocenters. The number of benzene rings is 2. The van der Waals surface area contributed by atoms with E-state index in [-0.39, 0.29) is 24.2 Å². The van der Waals surface area contributed by atoms with E-state index in [4.69, 9.17) is 0 Å². The van der Waals surface area contributed by atoms with Crippen molar-refractivity contribution in [2.24, 2.45) is 0 Å². The van der Waals surface area contributed by atoms with Crippen molar-refractivity contribution in [3.63, 3.8) is 0 Å². The Hall–Kier alpha value is -2.47. The minimum absolute atomic E-state index is 0.0829. The number of rotatable bonds is 9. The first kappa shape index (κ1) is 18.9. The van der Waals surface area contributed by atoms with Crippen LogP contribution in [0.1, 0.15) is 24.1 Å². The summed E-state index contributed by atoms with van der Waals surface area (Å²) in [6.45, 7) is -0.103. The molecule has 2 aromatic rings. The van der Waals surface area contributed by atoms with Crippen LogP contribution in [0.25, 0.3) is 0 Å². The first-order valence-corrected chi connectivity index (χ1v) is 8.13. The summed E-state index contributed by atoms with van der Waals surface area (Å²) in [5.74, 6) is 0.0438. The SMILES string of the molecule is C[C@H](NCC(=O)NCCc1ccc(OC(F)F)cc1)c1ccccc1. The number of nitrogens with one attached hydrogen (secondary N) is 2. The van der Waals surface area contributed by atoms with Gasteiger partial charge in [-0.25, -0.2) is 0 Å². The number of amides is 1. The van der Waals surface area contributed by atoms with Crippen LogP contribution in [0.3, 0.4) is 0 Å². The van der Waals surface area contributed by atoms with Gasteiger partial charge in [-0.2, -0.15) is 8.78 Å². The molecule has 1 atom stereocenters. The van der Waals surface area contributed by atoms with E-state index in [0.717, 1.165) is 11.1 Å². The van der Waals surface area contributed by atoms with Crippen LogP contribution >= 0.6 is 0 Å². The zero-order valence-electron chi connectivity index (χ0n) is 14.0. The predicted molar refractivity (Wildman–Crippen MR) is 92.6 cm³/mol. The van der Waals surface area contributed by atoms with Gasteiger partial charge in [0.25, 0.3) is 0 Å². The van der Waals surface area contributed by atoms with E-state index >= 15 is 0 Å². The molecule has 0 saturated carbocycles. The summed E-state index contributed by atoms with van der Waals surface area (Å²) in [5, 5.41) is 6.01. The monoisotopic (exact) mass is 348 g/mol. The van der Waals surface area contributed by atoms with Crippen molar-refractivity contribution in [3.05, 3.63) is 65.7 Å². The number of carbonyl (C=O) groups excluding carboxylic acids is 1. The Morgan fingerprint density at radius 1 is 1.08 bits per heavy atom. The average molecular weight is 348 g/mol. The van der Waals surface area contributed by atoms with Gasteiger partial charge in [-0.3, -0.25) is 4.79 Å². The molecule has 0 heterocycles.